The maximum Gasteiger partial charge on any atom is 0.229 e. The zero-order chi connectivity index (χ0) is 45.8. The Kier molecular flexibility index (Phi) is 14.1. The summed E-state index contributed by atoms with van der Waals surface area (Å²) in [6, 6.07) is 6.74. The Morgan fingerprint density at radius 2 is 1.05 bits per heavy atom. The van der Waals surface area contributed by atoms with E-state index in [0.29, 0.717) is 0 Å². The molecule has 3 aromatic rings. The van der Waals surface area contributed by atoms with Gasteiger partial charge in [0, 0.05) is 23.8 Å². The van der Waals surface area contributed by atoms with Gasteiger partial charge in [0.25, 0.3) is 0 Å². The van der Waals surface area contributed by atoms with Crippen molar-refractivity contribution in [1.29, 1.82) is 0 Å². The van der Waals surface area contributed by atoms with Crippen LogP contribution in [0, 0.1) is 0 Å². The summed E-state index contributed by atoms with van der Waals surface area (Å²) in [6.07, 6.45) is -32.5. The predicted octanol–water partition coefficient (Wildman–Crippen LogP) is -5.07. The maximum atomic E-state index is 13.3. The van der Waals surface area contributed by atoms with Crippen LogP contribution in [0.5, 0.6) is 23.0 Å². The molecule has 1 aromatic heterocycles. The average Bonchev–Trinajstić information content (AvgIpc) is 3.25. The molecule has 2 aromatic carbocycles. The Hall–Kier alpha value is -3.87. The van der Waals surface area contributed by atoms with Crippen LogP contribution in [0.4, 0.5) is 0 Å². The Balaban J connectivity index is 1.14. The number of hydrogen-bond acceptors (Lipinski definition) is 24. The fraction of sp³-hybridized carbons (Fsp3) is 0.615. The molecule has 4 fully saturated rings. The summed E-state index contributed by atoms with van der Waals surface area (Å²) in [7, 11) is 0. The highest BCUT2D eigenvalue weighted by Crippen LogP contribution is 2.39. The second-order valence-electron chi connectivity index (χ2n) is 15.7. The molecule has 4 aliphatic heterocycles. The monoisotopic (exact) mass is 902 g/mol. The third-order valence-electron chi connectivity index (χ3n) is 11.4. The van der Waals surface area contributed by atoms with Gasteiger partial charge in [-0.3, -0.25) is 4.79 Å². The summed E-state index contributed by atoms with van der Waals surface area (Å²) in [6.45, 7) is 1.16. The number of ether oxygens (including phenoxy) is 8. The molecule has 4 aliphatic rings. The summed E-state index contributed by atoms with van der Waals surface area (Å²) in [4.78, 5) is 13.3. The van der Waals surface area contributed by atoms with Crippen molar-refractivity contribution in [2.24, 2.45) is 0 Å². The van der Waals surface area contributed by atoms with Crippen LogP contribution in [0.25, 0.3) is 22.3 Å². The van der Waals surface area contributed by atoms with Gasteiger partial charge in [0.2, 0.25) is 12.6 Å². The second-order valence-corrected chi connectivity index (χ2v) is 15.7. The zero-order valence-electron chi connectivity index (χ0n) is 33.3. The van der Waals surface area contributed by atoms with Crippen molar-refractivity contribution in [3.8, 4) is 34.3 Å². The first kappa shape index (κ1) is 47.1. The van der Waals surface area contributed by atoms with Crippen molar-refractivity contribution in [3.05, 3.63) is 46.6 Å². The van der Waals surface area contributed by atoms with Gasteiger partial charge in [-0.15, -0.1) is 0 Å². The van der Waals surface area contributed by atoms with E-state index in [1.807, 2.05) is 0 Å². The second kappa shape index (κ2) is 18.9. The first-order valence-corrected chi connectivity index (χ1v) is 19.8. The molecular weight excluding hydrogens is 852 g/mol. The van der Waals surface area contributed by atoms with Crippen LogP contribution >= 0.6 is 0 Å². The molecular formula is C39H50O24. The van der Waals surface area contributed by atoms with Crippen LogP contribution < -0.4 is 14.9 Å². The van der Waals surface area contributed by atoms with Gasteiger partial charge in [0.15, 0.2) is 41.7 Å². The van der Waals surface area contributed by atoms with E-state index in [1.165, 1.54) is 26.0 Å². The molecule has 20 unspecified atom stereocenters. The number of hydrogen-bond donors (Lipinski definition) is 14. The number of phenolic OH excluding ortho intramolecular Hbond substituents is 2. The summed E-state index contributed by atoms with van der Waals surface area (Å²) in [5.41, 5.74) is -0.987. The minimum atomic E-state index is -1.86. The molecule has 14 N–H and O–H groups in total. The van der Waals surface area contributed by atoms with E-state index < -0.39 is 153 Å². The molecule has 0 amide bonds. The fourth-order valence-corrected chi connectivity index (χ4v) is 7.64. The largest absolute Gasteiger partial charge is 0.507 e. The molecule has 24 heteroatoms. The molecule has 24 nitrogen and oxygen atoms in total. The van der Waals surface area contributed by atoms with E-state index in [0.717, 1.165) is 24.3 Å². The SMILES string of the molecule is CC1OC(OC2C(Oc3cc(O)c4c(=O)cc(-c5ccc(OC6OC(CO)C(O)C(O)C6OC6OC(C)C(O)C(O)C6O)c(O)c5)oc4c3)OC(CO)C(O)C2O)C(O)C(O)C1O. The summed E-state index contributed by atoms with van der Waals surface area (Å²) >= 11 is 0. The third kappa shape index (κ3) is 9.19. The van der Waals surface area contributed by atoms with Gasteiger partial charge in [0.05, 0.1) is 25.4 Å². The first-order valence-electron chi connectivity index (χ1n) is 19.8. The van der Waals surface area contributed by atoms with Crippen LogP contribution in [-0.4, -0.2) is 208 Å². The van der Waals surface area contributed by atoms with Crippen LogP contribution in [0.1, 0.15) is 13.8 Å². The van der Waals surface area contributed by atoms with Crippen LogP contribution in [0.2, 0.25) is 0 Å². The van der Waals surface area contributed by atoms with E-state index in [2.05, 4.69) is 0 Å². The predicted molar refractivity (Wildman–Crippen MR) is 202 cm³/mol. The highest BCUT2D eigenvalue weighted by molar-refractivity contribution is 5.86. The van der Waals surface area contributed by atoms with Gasteiger partial charge in [-0.2, -0.15) is 0 Å². The summed E-state index contributed by atoms with van der Waals surface area (Å²) in [5, 5.41) is 146. The number of aliphatic hydroxyl groups excluding tert-OH is 12. The Bertz CT molecular complexity index is 2100. The smallest absolute Gasteiger partial charge is 0.229 e. The van der Waals surface area contributed by atoms with E-state index in [-0.39, 0.29) is 33.8 Å². The lowest BCUT2D eigenvalue weighted by atomic mass is 9.97. The minimum Gasteiger partial charge on any atom is -0.507 e. The van der Waals surface area contributed by atoms with Gasteiger partial charge >= 0.3 is 0 Å². The lowest BCUT2D eigenvalue weighted by molar-refractivity contribution is -0.354. The van der Waals surface area contributed by atoms with Crippen LogP contribution in [-0.2, 0) is 28.4 Å². The quantitative estimate of drug-likeness (QED) is 0.0856. The van der Waals surface area contributed by atoms with Crippen LogP contribution in [0.15, 0.2) is 45.6 Å². The Labute approximate surface area is 355 Å². The number of aliphatic hydroxyl groups is 12. The molecule has 350 valence electrons. The van der Waals surface area contributed by atoms with Gasteiger partial charge in [-0.25, -0.2) is 0 Å². The Morgan fingerprint density at radius 3 is 1.54 bits per heavy atom. The van der Waals surface area contributed by atoms with Gasteiger partial charge in [-0.1, -0.05) is 0 Å². The van der Waals surface area contributed by atoms with Crippen molar-refractivity contribution in [3.63, 3.8) is 0 Å². The minimum absolute atomic E-state index is 0.0607. The standard InChI is InChI=1S/C39H50O24/c1-11-24(45)28(49)32(53)36(55-11)62-34-30(51)26(47)21(9-40)60-38(34)57-14-6-16(43)23-17(44)8-19(58-20(23)7-14)13-3-4-18(15(42)5-13)59-39-35(31(52)27(48)22(10-41)61-39)63-37-33(54)29(50)25(46)12(2)56-37/h3-8,11-12,21-22,24-43,45-54H,9-10H2,1-2H3. The number of rotatable bonds is 11. The third-order valence-corrected chi connectivity index (χ3v) is 11.4. The van der Waals surface area contributed by atoms with Crippen molar-refractivity contribution in [2.75, 3.05) is 13.2 Å². The average molecular weight is 903 g/mol. The van der Waals surface area contributed by atoms with Crippen LogP contribution in [0.3, 0.4) is 0 Å². The summed E-state index contributed by atoms with van der Waals surface area (Å²) < 4.78 is 51.2. The number of fused-ring (bicyclic) bond motifs is 1. The van der Waals surface area contributed by atoms with Crippen molar-refractivity contribution in [1.82, 2.24) is 0 Å². The van der Waals surface area contributed by atoms with Crippen molar-refractivity contribution in [2.45, 2.75) is 137 Å². The number of aromatic hydroxyl groups is 2. The molecule has 0 aliphatic carbocycles. The lowest BCUT2D eigenvalue weighted by Gasteiger charge is -2.45. The van der Waals surface area contributed by atoms with E-state index >= 15 is 0 Å². The molecule has 4 saturated heterocycles. The molecule has 0 saturated carbocycles. The fourth-order valence-electron chi connectivity index (χ4n) is 7.64. The number of phenols is 2. The first-order chi connectivity index (χ1) is 29.8. The highest BCUT2D eigenvalue weighted by Gasteiger charge is 2.53. The molecule has 63 heavy (non-hydrogen) atoms. The van der Waals surface area contributed by atoms with E-state index in [9.17, 15) is 76.3 Å². The molecule has 5 heterocycles. The van der Waals surface area contributed by atoms with Gasteiger partial charge in [-0.05, 0) is 32.0 Å². The van der Waals surface area contributed by atoms with Crippen molar-refractivity contribution < 1.29 is 114 Å². The topological polar surface area (TPSA) is 387 Å². The molecule has 0 bridgehead atoms. The molecule has 0 spiro atoms. The number of benzene rings is 2. The lowest BCUT2D eigenvalue weighted by Crippen LogP contribution is -2.64. The van der Waals surface area contributed by atoms with E-state index in [1.54, 1.807) is 0 Å². The summed E-state index contributed by atoms with van der Waals surface area (Å²) in [5.74, 6) is -2.03. The van der Waals surface area contributed by atoms with Gasteiger partial charge in [0.1, 0.15) is 101 Å². The molecule has 20 atom stereocenters. The maximum absolute atomic E-state index is 13.3. The molecule has 0 radical (unpaired) electrons. The van der Waals surface area contributed by atoms with Crippen molar-refractivity contribution >= 4 is 11.0 Å². The highest BCUT2D eigenvalue weighted by atomic mass is 16.8. The van der Waals surface area contributed by atoms with E-state index in [4.69, 9.17) is 42.3 Å². The Morgan fingerprint density at radius 1 is 0.540 bits per heavy atom. The zero-order valence-corrected chi connectivity index (χ0v) is 33.3. The normalized spacial score (nSPS) is 41.0. The van der Waals surface area contributed by atoms with Gasteiger partial charge < -0.3 is 114 Å². The molecule has 7 rings (SSSR count).